The van der Waals surface area contributed by atoms with Gasteiger partial charge in [0.25, 0.3) is 11.8 Å². The molecular weight excluding hydrogens is 574 g/mol. The van der Waals surface area contributed by atoms with Crippen molar-refractivity contribution in [2.45, 2.75) is 71.8 Å². The average Bonchev–Trinajstić information content (AvgIpc) is 3.02. The maximum atomic E-state index is 13.7. The molecule has 11 heteroatoms. The maximum absolute atomic E-state index is 13.7. The summed E-state index contributed by atoms with van der Waals surface area (Å²) in [5, 5.41) is 3.08. The summed E-state index contributed by atoms with van der Waals surface area (Å²) in [5.41, 5.74) is 2.42. The number of nitrogens with one attached hydrogen (secondary N) is 1. The summed E-state index contributed by atoms with van der Waals surface area (Å²) in [5.74, 6) is 0.696. The number of amides is 3. The average molecular weight is 616 g/mol. The van der Waals surface area contributed by atoms with E-state index in [4.69, 9.17) is 14.2 Å². The summed E-state index contributed by atoms with van der Waals surface area (Å²) in [6.45, 7) is 8.81. The van der Waals surface area contributed by atoms with Crippen LogP contribution in [0.1, 0.15) is 72.5 Å². The lowest BCUT2D eigenvalue weighted by molar-refractivity contribution is -0.124. The predicted octanol–water partition coefficient (Wildman–Crippen LogP) is 4.40. The number of hydrogen-bond acceptors (Lipinski definition) is 8. The lowest BCUT2D eigenvalue weighted by Crippen LogP contribution is -2.58. The number of rotatable bonds is 6. The number of nitrogens with zero attached hydrogens (tertiary/aromatic N) is 4. The molecule has 1 saturated heterocycles. The fraction of sp³-hybridized carbons (Fsp3) is 0.441. The Morgan fingerprint density at radius 3 is 2.76 bits per heavy atom. The van der Waals surface area contributed by atoms with Gasteiger partial charge in [0, 0.05) is 37.5 Å². The molecule has 2 aliphatic heterocycles. The van der Waals surface area contributed by atoms with Gasteiger partial charge in [0.1, 0.15) is 23.6 Å². The standard InChI is InChI=1S/C34H41N5O6/c1-5-8-29-28(17-35-21-36-29)34(42)39-12-11-31-30(18-39)37-32(40)19-38(6-2)33(41)24-14-26(44-22(3)4)16-27(15-24)45-25-10-7-9-23(13-25)20-43-31/h7,9-10,13-17,21-22,30-31H,5-6,8,11-12,18-20H2,1-4H3,(H,37,40)/t30-,31-/m0/s1. The Kier molecular flexibility index (Phi) is 10.3. The fourth-order valence-corrected chi connectivity index (χ4v) is 5.66. The van der Waals surface area contributed by atoms with Crippen LogP contribution in [0.4, 0.5) is 0 Å². The molecule has 1 fully saturated rings. The van der Waals surface area contributed by atoms with Gasteiger partial charge < -0.3 is 29.3 Å². The van der Waals surface area contributed by atoms with Crippen molar-refractivity contribution in [3.8, 4) is 17.2 Å². The Morgan fingerprint density at radius 2 is 1.98 bits per heavy atom. The second-order valence-corrected chi connectivity index (χ2v) is 11.6. The molecule has 4 bridgehead atoms. The number of aromatic nitrogens is 2. The summed E-state index contributed by atoms with van der Waals surface area (Å²) >= 11 is 0. The van der Waals surface area contributed by atoms with Crippen LogP contribution in [0, 0.1) is 0 Å². The number of carbonyl (C=O) groups excluding carboxylic acids is 3. The van der Waals surface area contributed by atoms with Crippen LogP contribution in [0.15, 0.2) is 55.0 Å². The van der Waals surface area contributed by atoms with Crippen LogP contribution in [0.5, 0.6) is 17.2 Å². The molecule has 0 aliphatic carbocycles. The Balaban J connectivity index is 1.44. The first-order valence-electron chi connectivity index (χ1n) is 15.6. The van der Waals surface area contributed by atoms with Crippen molar-refractivity contribution in [2.75, 3.05) is 26.2 Å². The molecule has 3 aromatic rings. The molecule has 0 spiro atoms. The van der Waals surface area contributed by atoms with E-state index in [1.165, 1.54) is 11.2 Å². The second-order valence-electron chi connectivity index (χ2n) is 11.6. The predicted molar refractivity (Wildman–Crippen MR) is 167 cm³/mol. The van der Waals surface area contributed by atoms with Gasteiger partial charge in [-0.25, -0.2) is 9.97 Å². The van der Waals surface area contributed by atoms with E-state index in [1.54, 1.807) is 29.3 Å². The van der Waals surface area contributed by atoms with Gasteiger partial charge in [-0.1, -0.05) is 25.5 Å². The fourth-order valence-electron chi connectivity index (χ4n) is 5.66. The van der Waals surface area contributed by atoms with Gasteiger partial charge in [-0.05, 0) is 63.4 Å². The first-order valence-corrected chi connectivity index (χ1v) is 15.6. The van der Waals surface area contributed by atoms with E-state index >= 15 is 0 Å². The molecule has 238 valence electrons. The summed E-state index contributed by atoms with van der Waals surface area (Å²) in [7, 11) is 0. The molecule has 2 aliphatic rings. The molecule has 11 nitrogen and oxygen atoms in total. The summed E-state index contributed by atoms with van der Waals surface area (Å²) in [6, 6.07) is 12.1. The Hall–Kier alpha value is -4.51. The molecule has 0 radical (unpaired) electrons. The largest absolute Gasteiger partial charge is 0.491 e. The van der Waals surface area contributed by atoms with Crippen LogP contribution in [-0.2, 0) is 22.6 Å². The van der Waals surface area contributed by atoms with E-state index in [1.807, 2.05) is 52.0 Å². The second kappa shape index (κ2) is 14.5. The summed E-state index contributed by atoms with van der Waals surface area (Å²) in [4.78, 5) is 52.4. The molecule has 5 rings (SSSR count). The van der Waals surface area contributed by atoms with E-state index in [-0.39, 0.29) is 49.6 Å². The number of hydrogen-bond donors (Lipinski definition) is 1. The molecule has 3 amide bonds. The van der Waals surface area contributed by atoms with Crippen LogP contribution in [0.3, 0.4) is 0 Å². The highest BCUT2D eigenvalue weighted by Gasteiger charge is 2.35. The van der Waals surface area contributed by atoms with Crippen molar-refractivity contribution in [3.63, 3.8) is 0 Å². The number of likely N-dealkylation sites (N-methyl/N-ethyl adjacent to an activating group) is 1. The molecule has 45 heavy (non-hydrogen) atoms. The first-order chi connectivity index (χ1) is 21.7. The number of ether oxygens (including phenoxy) is 3. The van der Waals surface area contributed by atoms with Crippen LogP contribution < -0.4 is 14.8 Å². The number of fused-ring (bicyclic) bond motifs is 5. The molecule has 1 N–H and O–H groups in total. The summed E-state index contributed by atoms with van der Waals surface area (Å²) < 4.78 is 18.5. The third-order valence-corrected chi connectivity index (χ3v) is 7.80. The number of carbonyl (C=O) groups is 3. The van der Waals surface area contributed by atoms with E-state index < -0.39 is 6.04 Å². The van der Waals surface area contributed by atoms with E-state index in [0.29, 0.717) is 60.0 Å². The smallest absolute Gasteiger partial charge is 0.257 e. The highest BCUT2D eigenvalue weighted by atomic mass is 16.5. The van der Waals surface area contributed by atoms with Gasteiger partial charge in [0.2, 0.25) is 5.91 Å². The minimum atomic E-state index is -0.495. The van der Waals surface area contributed by atoms with Gasteiger partial charge in [-0.15, -0.1) is 0 Å². The zero-order valence-electron chi connectivity index (χ0n) is 26.3. The van der Waals surface area contributed by atoms with Gasteiger partial charge >= 0.3 is 0 Å². The third-order valence-electron chi connectivity index (χ3n) is 7.80. The normalized spacial score (nSPS) is 19.0. The zero-order valence-corrected chi connectivity index (χ0v) is 26.3. The number of aryl methyl sites for hydroxylation is 1. The topological polar surface area (TPSA) is 123 Å². The zero-order chi connectivity index (χ0) is 31.9. The molecule has 2 atom stereocenters. The molecule has 1 aromatic heterocycles. The van der Waals surface area contributed by atoms with Gasteiger partial charge in [0.15, 0.2) is 0 Å². The van der Waals surface area contributed by atoms with Crippen molar-refractivity contribution in [1.29, 1.82) is 0 Å². The highest BCUT2D eigenvalue weighted by Crippen LogP contribution is 2.30. The quantitative estimate of drug-likeness (QED) is 0.433. The van der Waals surface area contributed by atoms with E-state index in [2.05, 4.69) is 15.3 Å². The van der Waals surface area contributed by atoms with Crippen molar-refractivity contribution >= 4 is 17.7 Å². The van der Waals surface area contributed by atoms with Gasteiger partial charge in [-0.2, -0.15) is 0 Å². The van der Waals surface area contributed by atoms with Crippen LogP contribution in [0.25, 0.3) is 0 Å². The molecular formula is C34H41N5O6. The monoisotopic (exact) mass is 615 g/mol. The number of likely N-dealkylation sites (tertiary alicyclic amines) is 1. The lowest BCUT2D eigenvalue weighted by atomic mass is 10.00. The molecule has 0 saturated carbocycles. The summed E-state index contributed by atoms with van der Waals surface area (Å²) in [6.07, 6.45) is 4.58. The van der Waals surface area contributed by atoms with E-state index in [9.17, 15) is 14.4 Å². The van der Waals surface area contributed by atoms with Crippen molar-refractivity contribution in [2.24, 2.45) is 0 Å². The van der Waals surface area contributed by atoms with Crippen LogP contribution in [0.2, 0.25) is 0 Å². The maximum Gasteiger partial charge on any atom is 0.257 e. The Morgan fingerprint density at radius 1 is 1.13 bits per heavy atom. The highest BCUT2D eigenvalue weighted by molar-refractivity contribution is 5.97. The van der Waals surface area contributed by atoms with Gasteiger partial charge in [0.05, 0.1) is 42.7 Å². The third kappa shape index (κ3) is 7.96. The SMILES string of the molecule is CCCc1ncncc1C(=O)N1CC[C@@H]2OCc3cccc(c3)Oc3cc(OC(C)C)cc(c3)C(=O)N(CC)CC(=O)N[C@H]2C1. The number of piperidine rings is 1. The van der Waals surface area contributed by atoms with Crippen molar-refractivity contribution in [3.05, 3.63) is 77.4 Å². The molecule has 2 aromatic carbocycles. The van der Waals surface area contributed by atoms with Crippen molar-refractivity contribution in [1.82, 2.24) is 25.1 Å². The molecule has 0 unspecified atom stereocenters. The van der Waals surface area contributed by atoms with Crippen LogP contribution in [-0.4, -0.2) is 81.9 Å². The minimum absolute atomic E-state index is 0.114. The Labute approximate surface area is 263 Å². The minimum Gasteiger partial charge on any atom is -0.491 e. The van der Waals surface area contributed by atoms with Gasteiger partial charge in [-0.3, -0.25) is 14.4 Å². The Bertz CT molecular complexity index is 1530. The number of benzene rings is 2. The van der Waals surface area contributed by atoms with Crippen LogP contribution >= 0.6 is 0 Å². The first kappa shape index (κ1) is 31.9. The van der Waals surface area contributed by atoms with Crippen molar-refractivity contribution < 1.29 is 28.6 Å². The lowest BCUT2D eigenvalue weighted by Gasteiger charge is -2.39. The molecule has 3 heterocycles. The van der Waals surface area contributed by atoms with E-state index in [0.717, 1.165) is 12.0 Å².